The van der Waals surface area contributed by atoms with E-state index in [1.54, 1.807) is 12.1 Å². The third-order valence-electron chi connectivity index (χ3n) is 2.38. The first-order valence-electron chi connectivity index (χ1n) is 5.08. The molecule has 0 unspecified atom stereocenters. The van der Waals surface area contributed by atoms with Crippen LogP contribution in [0, 0.1) is 0 Å². The number of benzene rings is 1. The van der Waals surface area contributed by atoms with Crippen LogP contribution in [-0.2, 0) is 6.54 Å². The number of nitrogens with zero attached hydrogens (tertiary/aromatic N) is 1. The van der Waals surface area contributed by atoms with Gasteiger partial charge < -0.3 is 5.73 Å². The van der Waals surface area contributed by atoms with Crippen molar-refractivity contribution in [2.24, 2.45) is 5.73 Å². The Morgan fingerprint density at radius 1 is 1.06 bits per heavy atom. The Morgan fingerprint density at radius 2 is 1.69 bits per heavy atom. The van der Waals surface area contributed by atoms with Crippen molar-refractivity contribution in [1.82, 2.24) is 0 Å². The largest absolute Gasteiger partial charge is 0.366 e. The third kappa shape index (κ3) is 2.45. The Balaban J connectivity index is 2.14. The molecule has 0 fully saturated rings. The molecule has 0 aliphatic heterocycles. The summed E-state index contributed by atoms with van der Waals surface area (Å²) in [6.07, 6.45) is 3.71. The molecule has 1 aromatic carbocycles. The van der Waals surface area contributed by atoms with Gasteiger partial charge in [0.25, 0.3) is 0 Å². The molecule has 3 heteroatoms. The SMILES string of the molecule is NC(=O)c1cc[n+](Cc2ccccc2)cc1. The van der Waals surface area contributed by atoms with E-state index in [1.165, 1.54) is 5.56 Å². The number of amides is 1. The van der Waals surface area contributed by atoms with Crippen LogP contribution >= 0.6 is 0 Å². The molecule has 0 radical (unpaired) electrons. The van der Waals surface area contributed by atoms with Gasteiger partial charge in [0.15, 0.2) is 18.9 Å². The van der Waals surface area contributed by atoms with Crippen LogP contribution in [0.3, 0.4) is 0 Å². The molecule has 2 rings (SSSR count). The van der Waals surface area contributed by atoms with Gasteiger partial charge in [-0.25, -0.2) is 4.57 Å². The van der Waals surface area contributed by atoms with E-state index in [0.29, 0.717) is 5.56 Å². The van der Waals surface area contributed by atoms with Crippen molar-refractivity contribution in [3.05, 3.63) is 66.0 Å². The molecule has 80 valence electrons. The topological polar surface area (TPSA) is 47.0 Å². The second-order valence-electron chi connectivity index (χ2n) is 3.61. The Morgan fingerprint density at radius 3 is 2.25 bits per heavy atom. The first-order chi connectivity index (χ1) is 7.75. The molecule has 0 bridgehead atoms. The van der Waals surface area contributed by atoms with E-state index >= 15 is 0 Å². The lowest BCUT2D eigenvalue weighted by Crippen LogP contribution is -2.33. The first-order valence-corrected chi connectivity index (χ1v) is 5.08. The summed E-state index contributed by atoms with van der Waals surface area (Å²) in [5, 5.41) is 0. The molecule has 1 amide bonds. The normalized spacial score (nSPS) is 10.0. The van der Waals surface area contributed by atoms with Crippen molar-refractivity contribution in [3.8, 4) is 0 Å². The molecular weight excluding hydrogens is 200 g/mol. The number of hydrogen-bond acceptors (Lipinski definition) is 1. The van der Waals surface area contributed by atoms with Gasteiger partial charge in [-0.15, -0.1) is 0 Å². The predicted molar refractivity (Wildman–Crippen MR) is 60.7 cm³/mol. The summed E-state index contributed by atoms with van der Waals surface area (Å²) in [6, 6.07) is 13.6. The van der Waals surface area contributed by atoms with E-state index in [0.717, 1.165) is 6.54 Å². The summed E-state index contributed by atoms with van der Waals surface area (Å²) in [4.78, 5) is 10.9. The van der Waals surface area contributed by atoms with Crippen molar-refractivity contribution in [2.75, 3.05) is 0 Å². The van der Waals surface area contributed by atoms with Crippen molar-refractivity contribution < 1.29 is 9.36 Å². The van der Waals surface area contributed by atoms with Gasteiger partial charge in [-0.3, -0.25) is 4.79 Å². The van der Waals surface area contributed by atoms with Gasteiger partial charge >= 0.3 is 0 Å². The van der Waals surface area contributed by atoms with Gasteiger partial charge in [-0.2, -0.15) is 0 Å². The lowest BCUT2D eigenvalue weighted by molar-refractivity contribution is -0.688. The Kier molecular flexibility index (Phi) is 2.96. The average molecular weight is 213 g/mol. The van der Waals surface area contributed by atoms with Crippen molar-refractivity contribution in [1.29, 1.82) is 0 Å². The summed E-state index contributed by atoms with van der Waals surface area (Å²) in [5.74, 6) is -0.396. The van der Waals surface area contributed by atoms with Gasteiger partial charge in [0.1, 0.15) is 0 Å². The summed E-state index contributed by atoms with van der Waals surface area (Å²) < 4.78 is 2.00. The summed E-state index contributed by atoms with van der Waals surface area (Å²) in [6.45, 7) is 0.792. The van der Waals surface area contributed by atoms with Gasteiger partial charge in [0, 0.05) is 17.7 Å². The smallest absolute Gasteiger partial charge is 0.249 e. The number of carbonyl (C=O) groups excluding carboxylic acids is 1. The minimum absolute atomic E-state index is 0.396. The predicted octanol–water partition coefficient (Wildman–Crippen LogP) is 1.12. The first kappa shape index (κ1) is 10.4. The summed E-state index contributed by atoms with van der Waals surface area (Å²) in [7, 11) is 0. The van der Waals surface area contributed by atoms with E-state index < -0.39 is 5.91 Å². The molecule has 2 N–H and O–H groups in total. The molecule has 16 heavy (non-hydrogen) atoms. The monoisotopic (exact) mass is 213 g/mol. The number of hydrogen-bond donors (Lipinski definition) is 1. The lowest BCUT2D eigenvalue weighted by atomic mass is 10.2. The molecule has 0 spiro atoms. The van der Waals surface area contributed by atoms with E-state index in [9.17, 15) is 4.79 Å². The van der Waals surface area contributed by atoms with Gasteiger partial charge in [0.05, 0.1) is 5.56 Å². The quantitative estimate of drug-likeness (QED) is 0.763. The molecular formula is C13H13N2O+. The van der Waals surface area contributed by atoms with Crippen LogP contribution in [0.4, 0.5) is 0 Å². The van der Waals surface area contributed by atoms with Crippen LogP contribution in [0.1, 0.15) is 15.9 Å². The molecule has 2 aromatic rings. The highest BCUT2D eigenvalue weighted by Gasteiger charge is 2.04. The van der Waals surface area contributed by atoms with Crippen LogP contribution in [0.5, 0.6) is 0 Å². The number of rotatable bonds is 3. The minimum atomic E-state index is -0.396. The highest BCUT2D eigenvalue weighted by molar-refractivity contribution is 5.92. The van der Waals surface area contributed by atoms with Gasteiger partial charge in [0.2, 0.25) is 5.91 Å². The highest BCUT2D eigenvalue weighted by Crippen LogP contribution is 1.98. The summed E-state index contributed by atoms with van der Waals surface area (Å²) >= 11 is 0. The highest BCUT2D eigenvalue weighted by atomic mass is 16.1. The van der Waals surface area contributed by atoms with E-state index in [2.05, 4.69) is 12.1 Å². The maximum Gasteiger partial charge on any atom is 0.249 e. The van der Waals surface area contributed by atoms with E-state index in [-0.39, 0.29) is 0 Å². The number of carbonyl (C=O) groups is 1. The van der Waals surface area contributed by atoms with Crippen LogP contribution in [0.2, 0.25) is 0 Å². The van der Waals surface area contributed by atoms with E-state index in [4.69, 9.17) is 5.73 Å². The number of primary amides is 1. The Bertz CT molecular complexity index is 477. The standard InChI is InChI=1S/C13H12N2O/c14-13(16)12-6-8-15(9-7-12)10-11-4-2-1-3-5-11/h1-9H,10H2,(H-,14,16)/p+1. The third-order valence-corrected chi connectivity index (χ3v) is 2.38. The second-order valence-corrected chi connectivity index (χ2v) is 3.61. The molecule has 3 nitrogen and oxygen atoms in total. The van der Waals surface area contributed by atoms with Crippen LogP contribution in [-0.4, -0.2) is 5.91 Å². The van der Waals surface area contributed by atoms with Crippen LogP contribution < -0.4 is 10.3 Å². The molecule has 0 atom stereocenters. The maximum absolute atomic E-state index is 10.9. The van der Waals surface area contributed by atoms with Gasteiger partial charge in [-0.05, 0) is 0 Å². The fourth-order valence-corrected chi connectivity index (χ4v) is 1.52. The lowest BCUT2D eigenvalue weighted by Gasteiger charge is -1.98. The van der Waals surface area contributed by atoms with Crippen molar-refractivity contribution in [3.63, 3.8) is 0 Å². The number of pyridine rings is 1. The molecule has 0 aliphatic rings. The molecule has 0 saturated heterocycles. The molecule has 1 aromatic heterocycles. The maximum atomic E-state index is 10.9. The Hall–Kier alpha value is -2.16. The number of nitrogens with two attached hydrogens (primary N) is 1. The molecule has 1 heterocycles. The van der Waals surface area contributed by atoms with Crippen LogP contribution in [0.25, 0.3) is 0 Å². The fourth-order valence-electron chi connectivity index (χ4n) is 1.52. The number of aromatic nitrogens is 1. The minimum Gasteiger partial charge on any atom is -0.366 e. The fraction of sp³-hybridized carbons (Fsp3) is 0.0769. The zero-order valence-electron chi connectivity index (χ0n) is 8.84. The average Bonchev–Trinajstić information content (AvgIpc) is 2.31. The van der Waals surface area contributed by atoms with Crippen molar-refractivity contribution >= 4 is 5.91 Å². The Labute approximate surface area is 94.1 Å². The molecule has 0 saturated carbocycles. The second kappa shape index (κ2) is 4.57. The molecule has 0 aliphatic carbocycles. The van der Waals surface area contributed by atoms with Gasteiger partial charge in [-0.1, -0.05) is 30.3 Å². The van der Waals surface area contributed by atoms with Crippen molar-refractivity contribution in [2.45, 2.75) is 6.54 Å². The van der Waals surface area contributed by atoms with Crippen LogP contribution in [0.15, 0.2) is 54.9 Å². The zero-order valence-corrected chi connectivity index (χ0v) is 8.84. The zero-order chi connectivity index (χ0) is 11.4. The van der Waals surface area contributed by atoms with E-state index in [1.807, 2.05) is 35.2 Å². The summed E-state index contributed by atoms with van der Waals surface area (Å²) in [5.41, 5.74) is 6.92.